The van der Waals surface area contributed by atoms with Crippen molar-refractivity contribution in [1.82, 2.24) is 10.2 Å². The third-order valence-electron chi connectivity index (χ3n) is 4.76. The molecule has 0 spiro atoms. The van der Waals surface area contributed by atoms with E-state index in [0.717, 1.165) is 48.3 Å². The van der Waals surface area contributed by atoms with Crippen LogP contribution in [0.4, 0.5) is 0 Å². The molecular formula is C21H24Cl2N2OS. The Bertz CT molecular complexity index is 729. The van der Waals surface area contributed by atoms with Crippen molar-refractivity contribution in [2.75, 3.05) is 25.4 Å². The molecule has 27 heavy (non-hydrogen) atoms. The maximum absolute atomic E-state index is 12.4. The Hall–Kier alpha value is -1.20. The molecule has 1 fully saturated rings. The molecule has 0 aromatic heterocycles. The molecule has 1 aliphatic rings. The Balaban J connectivity index is 1.33. The molecule has 1 aliphatic heterocycles. The third-order valence-corrected chi connectivity index (χ3v) is 6.28. The number of carbonyl (C=O) groups is 1. The number of carbonyl (C=O) groups excluding carboxylic acids is 1. The van der Waals surface area contributed by atoms with E-state index < -0.39 is 0 Å². The molecule has 0 bridgehead atoms. The van der Waals surface area contributed by atoms with E-state index in [1.165, 1.54) is 10.5 Å². The predicted octanol–water partition coefficient (Wildman–Crippen LogP) is 5.11. The Kier molecular flexibility index (Phi) is 7.89. The highest BCUT2D eigenvalue weighted by Crippen LogP contribution is 2.21. The summed E-state index contributed by atoms with van der Waals surface area (Å²) < 4.78 is 0. The number of amides is 1. The van der Waals surface area contributed by atoms with E-state index in [1.807, 2.05) is 36.4 Å². The van der Waals surface area contributed by atoms with Gasteiger partial charge >= 0.3 is 0 Å². The van der Waals surface area contributed by atoms with Crippen molar-refractivity contribution in [2.45, 2.75) is 24.3 Å². The SMILES string of the molecule is O=C(NCCSc1ccc(Cl)cc1)C1CCN(Cc2ccc(Cl)cc2)CC1. The second-order valence-electron chi connectivity index (χ2n) is 6.77. The molecule has 1 heterocycles. The quantitative estimate of drug-likeness (QED) is 0.496. The van der Waals surface area contributed by atoms with Crippen LogP contribution < -0.4 is 5.32 Å². The standard InChI is InChI=1S/C21H24Cl2N2OS/c22-18-3-1-16(2-4-18)15-25-12-9-17(10-13-25)21(26)24-11-14-27-20-7-5-19(23)6-8-20/h1-8,17H,9-15H2,(H,24,26). The van der Waals surface area contributed by atoms with Crippen LogP contribution >= 0.6 is 35.0 Å². The monoisotopic (exact) mass is 422 g/mol. The van der Waals surface area contributed by atoms with E-state index in [2.05, 4.69) is 22.3 Å². The summed E-state index contributed by atoms with van der Waals surface area (Å²) in [4.78, 5) is 16.0. The second kappa shape index (κ2) is 10.4. The van der Waals surface area contributed by atoms with Gasteiger partial charge in [-0.15, -0.1) is 11.8 Å². The number of benzene rings is 2. The molecule has 0 atom stereocenters. The number of hydrogen-bond donors (Lipinski definition) is 1. The number of halogens is 2. The largest absolute Gasteiger partial charge is 0.355 e. The maximum Gasteiger partial charge on any atom is 0.223 e. The Morgan fingerprint density at radius 2 is 1.59 bits per heavy atom. The first kappa shape index (κ1) is 20.5. The minimum absolute atomic E-state index is 0.131. The van der Waals surface area contributed by atoms with Gasteiger partial charge in [-0.2, -0.15) is 0 Å². The van der Waals surface area contributed by atoms with Gasteiger partial charge in [-0.25, -0.2) is 0 Å². The molecule has 1 amide bonds. The van der Waals surface area contributed by atoms with Crippen molar-refractivity contribution >= 4 is 40.9 Å². The summed E-state index contributed by atoms with van der Waals surface area (Å²) >= 11 is 13.6. The maximum atomic E-state index is 12.4. The van der Waals surface area contributed by atoms with Gasteiger partial charge in [0.25, 0.3) is 0 Å². The van der Waals surface area contributed by atoms with Crippen LogP contribution in [0.15, 0.2) is 53.4 Å². The van der Waals surface area contributed by atoms with Crippen LogP contribution in [0.2, 0.25) is 10.0 Å². The fraction of sp³-hybridized carbons (Fsp3) is 0.381. The van der Waals surface area contributed by atoms with E-state index in [0.29, 0.717) is 6.54 Å². The molecule has 6 heteroatoms. The molecule has 144 valence electrons. The number of piperidine rings is 1. The summed E-state index contributed by atoms with van der Waals surface area (Å²) in [6.07, 6.45) is 1.84. The molecule has 3 rings (SSSR count). The van der Waals surface area contributed by atoms with Crippen molar-refractivity contribution in [3.8, 4) is 0 Å². The van der Waals surface area contributed by atoms with E-state index in [-0.39, 0.29) is 11.8 Å². The average Bonchev–Trinajstić information content (AvgIpc) is 2.69. The predicted molar refractivity (Wildman–Crippen MR) is 115 cm³/mol. The summed E-state index contributed by atoms with van der Waals surface area (Å²) in [6, 6.07) is 15.8. The molecule has 3 nitrogen and oxygen atoms in total. The van der Waals surface area contributed by atoms with Gasteiger partial charge in [-0.05, 0) is 67.9 Å². The summed E-state index contributed by atoms with van der Waals surface area (Å²) in [5.74, 6) is 1.19. The van der Waals surface area contributed by atoms with E-state index in [1.54, 1.807) is 11.8 Å². The van der Waals surface area contributed by atoms with Crippen LogP contribution in [0.25, 0.3) is 0 Å². The summed E-state index contributed by atoms with van der Waals surface area (Å²) in [7, 11) is 0. The lowest BCUT2D eigenvalue weighted by atomic mass is 9.95. The zero-order valence-electron chi connectivity index (χ0n) is 15.2. The van der Waals surface area contributed by atoms with Gasteiger partial charge in [0.05, 0.1) is 0 Å². The van der Waals surface area contributed by atoms with E-state index >= 15 is 0 Å². The van der Waals surface area contributed by atoms with Crippen LogP contribution in [0.5, 0.6) is 0 Å². The fourth-order valence-corrected chi connectivity index (χ4v) is 4.24. The van der Waals surface area contributed by atoms with Crippen LogP contribution in [0.3, 0.4) is 0 Å². The Labute approximate surface area is 175 Å². The highest BCUT2D eigenvalue weighted by atomic mass is 35.5. The third kappa shape index (κ3) is 6.72. The number of likely N-dealkylation sites (tertiary alicyclic amines) is 1. The number of nitrogens with one attached hydrogen (secondary N) is 1. The smallest absolute Gasteiger partial charge is 0.223 e. The van der Waals surface area contributed by atoms with Crippen molar-refractivity contribution in [2.24, 2.45) is 5.92 Å². The Morgan fingerprint density at radius 1 is 1.00 bits per heavy atom. The van der Waals surface area contributed by atoms with Gasteiger partial charge in [-0.1, -0.05) is 35.3 Å². The van der Waals surface area contributed by atoms with Gasteiger partial charge in [0.1, 0.15) is 0 Å². The van der Waals surface area contributed by atoms with Crippen molar-refractivity contribution in [1.29, 1.82) is 0 Å². The highest BCUT2D eigenvalue weighted by molar-refractivity contribution is 7.99. The zero-order valence-corrected chi connectivity index (χ0v) is 17.5. The lowest BCUT2D eigenvalue weighted by molar-refractivity contribution is -0.126. The number of thioether (sulfide) groups is 1. The van der Waals surface area contributed by atoms with Crippen molar-refractivity contribution in [3.05, 3.63) is 64.1 Å². The van der Waals surface area contributed by atoms with Crippen LogP contribution in [-0.4, -0.2) is 36.2 Å². The molecule has 1 saturated heterocycles. The van der Waals surface area contributed by atoms with Gasteiger partial charge in [0.2, 0.25) is 5.91 Å². The van der Waals surface area contributed by atoms with Crippen LogP contribution in [0.1, 0.15) is 18.4 Å². The van der Waals surface area contributed by atoms with E-state index in [4.69, 9.17) is 23.2 Å². The average molecular weight is 423 g/mol. The van der Waals surface area contributed by atoms with Gasteiger partial charge in [-0.3, -0.25) is 9.69 Å². The lowest BCUT2D eigenvalue weighted by Gasteiger charge is -2.31. The fourth-order valence-electron chi connectivity index (χ4n) is 3.22. The molecule has 0 unspecified atom stereocenters. The molecule has 1 N–H and O–H groups in total. The number of rotatable bonds is 7. The van der Waals surface area contributed by atoms with Gasteiger partial charge < -0.3 is 5.32 Å². The first-order valence-electron chi connectivity index (χ1n) is 9.23. The summed E-state index contributed by atoms with van der Waals surface area (Å²) in [5, 5.41) is 4.60. The van der Waals surface area contributed by atoms with Crippen molar-refractivity contribution in [3.63, 3.8) is 0 Å². The minimum Gasteiger partial charge on any atom is -0.355 e. The lowest BCUT2D eigenvalue weighted by Crippen LogP contribution is -2.40. The summed E-state index contributed by atoms with van der Waals surface area (Å²) in [6.45, 7) is 3.53. The highest BCUT2D eigenvalue weighted by Gasteiger charge is 2.24. The molecule has 0 saturated carbocycles. The molecular weight excluding hydrogens is 399 g/mol. The summed E-state index contributed by atoms with van der Waals surface area (Å²) in [5.41, 5.74) is 1.27. The second-order valence-corrected chi connectivity index (χ2v) is 8.81. The van der Waals surface area contributed by atoms with Gasteiger partial charge in [0.15, 0.2) is 0 Å². The molecule has 2 aromatic rings. The zero-order chi connectivity index (χ0) is 19.1. The van der Waals surface area contributed by atoms with E-state index in [9.17, 15) is 4.79 Å². The van der Waals surface area contributed by atoms with Gasteiger partial charge in [0, 0.05) is 39.7 Å². The number of hydrogen-bond acceptors (Lipinski definition) is 3. The van der Waals surface area contributed by atoms with Crippen LogP contribution in [-0.2, 0) is 11.3 Å². The molecule has 0 aliphatic carbocycles. The molecule has 2 aromatic carbocycles. The first-order valence-corrected chi connectivity index (χ1v) is 11.0. The topological polar surface area (TPSA) is 32.3 Å². The van der Waals surface area contributed by atoms with Crippen molar-refractivity contribution < 1.29 is 4.79 Å². The Morgan fingerprint density at radius 3 is 2.22 bits per heavy atom. The van der Waals surface area contributed by atoms with Crippen LogP contribution in [0, 0.1) is 5.92 Å². The normalized spacial score (nSPS) is 15.6. The molecule has 0 radical (unpaired) electrons. The first-order chi connectivity index (χ1) is 13.1. The number of nitrogens with zero attached hydrogens (tertiary/aromatic N) is 1. The minimum atomic E-state index is 0.131.